The standard InChI is InChI=1S/C16H32N2O2S/c1-4-16(2)13-17-15(14-8-6-5-7-9-14)12-18(16)10-11-21(3,19)20/h14-15,17H,4-13H2,1-3H3. The molecular formula is C16H32N2O2S. The molecule has 0 aromatic heterocycles. The summed E-state index contributed by atoms with van der Waals surface area (Å²) in [6.45, 7) is 7.13. The molecule has 1 N–H and O–H groups in total. The van der Waals surface area contributed by atoms with Gasteiger partial charge in [-0.25, -0.2) is 8.42 Å². The summed E-state index contributed by atoms with van der Waals surface area (Å²) in [5, 5.41) is 3.77. The topological polar surface area (TPSA) is 49.4 Å². The average Bonchev–Trinajstić information content (AvgIpc) is 2.46. The Bertz CT molecular complexity index is 432. The van der Waals surface area contributed by atoms with Crippen LogP contribution >= 0.6 is 0 Å². The van der Waals surface area contributed by atoms with Crippen LogP contribution < -0.4 is 5.32 Å². The molecule has 1 heterocycles. The molecule has 0 spiro atoms. The Hall–Kier alpha value is -0.130. The van der Waals surface area contributed by atoms with Crippen molar-refractivity contribution >= 4 is 9.84 Å². The van der Waals surface area contributed by atoms with E-state index in [9.17, 15) is 8.42 Å². The van der Waals surface area contributed by atoms with Crippen LogP contribution in [0.15, 0.2) is 0 Å². The zero-order chi connectivity index (χ0) is 15.5. The third-order valence-corrected chi connectivity index (χ3v) is 6.56. The van der Waals surface area contributed by atoms with E-state index in [1.54, 1.807) is 0 Å². The van der Waals surface area contributed by atoms with Crippen molar-refractivity contribution in [3.05, 3.63) is 0 Å². The van der Waals surface area contributed by atoms with E-state index in [1.165, 1.54) is 38.4 Å². The number of sulfone groups is 1. The third-order valence-electron chi connectivity index (χ3n) is 5.64. The molecule has 0 amide bonds. The van der Waals surface area contributed by atoms with E-state index in [1.807, 2.05) is 0 Å². The highest BCUT2D eigenvalue weighted by Gasteiger charge is 2.38. The Kier molecular flexibility index (Phi) is 5.71. The normalized spacial score (nSPS) is 33.2. The molecule has 0 aromatic carbocycles. The molecule has 1 saturated carbocycles. The molecule has 1 aliphatic carbocycles. The summed E-state index contributed by atoms with van der Waals surface area (Å²) in [5.41, 5.74) is 0.0931. The summed E-state index contributed by atoms with van der Waals surface area (Å²) in [6, 6.07) is 0.546. The summed E-state index contributed by atoms with van der Waals surface area (Å²) >= 11 is 0. The van der Waals surface area contributed by atoms with Gasteiger partial charge < -0.3 is 5.32 Å². The summed E-state index contributed by atoms with van der Waals surface area (Å²) in [4.78, 5) is 2.43. The monoisotopic (exact) mass is 316 g/mol. The Morgan fingerprint density at radius 2 is 1.90 bits per heavy atom. The fourth-order valence-corrected chi connectivity index (χ4v) is 4.38. The fourth-order valence-electron chi connectivity index (χ4n) is 3.82. The lowest BCUT2D eigenvalue weighted by atomic mass is 9.81. The van der Waals surface area contributed by atoms with Crippen molar-refractivity contribution in [1.29, 1.82) is 0 Å². The van der Waals surface area contributed by atoms with Crippen LogP contribution in [-0.2, 0) is 9.84 Å². The number of nitrogens with zero attached hydrogens (tertiary/aromatic N) is 1. The lowest BCUT2D eigenvalue weighted by Crippen LogP contribution is -2.65. The number of nitrogens with one attached hydrogen (secondary N) is 1. The molecule has 1 saturated heterocycles. The first kappa shape index (κ1) is 17.2. The van der Waals surface area contributed by atoms with Gasteiger partial charge >= 0.3 is 0 Å². The SMILES string of the molecule is CCC1(C)CNC(C2CCCCC2)CN1CCS(C)(=O)=O. The second-order valence-electron chi connectivity index (χ2n) is 7.31. The van der Waals surface area contributed by atoms with Crippen molar-refractivity contribution in [2.45, 2.75) is 64.0 Å². The molecule has 2 fully saturated rings. The molecular weight excluding hydrogens is 284 g/mol. The first-order valence-electron chi connectivity index (χ1n) is 8.50. The maximum Gasteiger partial charge on any atom is 0.148 e. The van der Waals surface area contributed by atoms with E-state index in [0.717, 1.165) is 25.4 Å². The van der Waals surface area contributed by atoms with Gasteiger partial charge in [-0.05, 0) is 32.1 Å². The highest BCUT2D eigenvalue weighted by Crippen LogP contribution is 2.31. The molecule has 2 aliphatic rings. The van der Waals surface area contributed by atoms with E-state index in [-0.39, 0.29) is 11.3 Å². The third kappa shape index (κ3) is 4.67. The minimum Gasteiger partial charge on any atom is -0.311 e. The summed E-state index contributed by atoms with van der Waals surface area (Å²) in [5.74, 6) is 1.06. The minimum atomic E-state index is -2.89. The van der Waals surface area contributed by atoms with Crippen molar-refractivity contribution < 1.29 is 8.42 Å². The van der Waals surface area contributed by atoms with Gasteiger partial charge in [-0.3, -0.25) is 4.90 Å². The number of piperazine rings is 1. The van der Waals surface area contributed by atoms with Crippen molar-refractivity contribution in [3.63, 3.8) is 0 Å². The first-order chi connectivity index (χ1) is 9.84. The van der Waals surface area contributed by atoms with E-state index < -0.39 is 9.84 Å². The van der Waals surface area contributed by atoms with Crippen LogP contribution in [0.25, 0.3) is 0 Å². The second kappa shape index (κ2) is 6.97. The van der Waals surface area contributed by atoms with Gasteiger partial charge in [0.05, 0.1) is 5.75 Å². The molecule has 124 valence electrons. The van der Waals surface area contributed by atoms with Crippen LogP contribution in [0, 0.1) is 5.92 Å². The van der Waals surface area contributed by atoms with Gasteiger partial charge in [0.25, 0.3) is 0 Å². The summed E-state index contributed by atoms with van der Waals surface area (Å²) < 4.78 is 23.0. The van der Waals surface area contributed by atoms with Gasteiger partial charge in [0.2, 0.25) is 0 Å². The van der Waals surface area contributed by atoms with Gasteiger partial charge in [-0.15, -0.1) is 0 Å². The van der Waals surface area contributed by atoms with Crippen LogP contribution in [0.3, 0.4) is 0 Å². The Labute approximate surface area is 130 Å². The van der Waals surface area contributed by atoms with Gasteiger partial charge in [0.1, 0.15) is 9.84 Å². The fraction of sp³-hybridized carbons (Fsp3) is 1.00. The van der Waals surface area contributed by atoms with E-state index >= 15 is 0 Å². The Morgan fingerprint density at radius 1 is 1.24 bits per heavy atom. The molecule has 1 aliphatic heterocycles. The first-order valence-corrected chi connectivity index (χ1v) is 10.6. The van der Waals surface area contributed by atoms with E-state index in [0.29, 0.717) is 12.6 Å². The van der Waals surface area contributed by atoms with Gasteiger partial charge in [0, 0.05) is 37.5 Å². The largest absolute Gasteiger partial charge is 0.311 e. The zero-order valence-corrected chi connectivity index (χ0v) is 14.7. The highest BCUT2D eigenvalue weighted by molar-refractivity contribution is 7.90. The predicted octanol–water partition coefficient (Wildman–Crippen LogP) is 2.05. The van der Waals surface area contributed by atoms with E-state index in [2.05, 4.69) is 24.1 Å². The summed E-state index contributed by atoms with van der Waals surface area (Å²) in [6.07, 6.45) is 9.17. The highest BCUT2D eigenvalue weighted by atomic mass is 32.2. The van der Waals surface area contributed by atoms with E-state index in [4.69, 9.17) is 0 Å². The predicted molar refractivity (Wildman–Crippen MR) is 88.3 cm³/mol. The Balaban J connectivity index is 2.01. The molecule has 2 atom stereocenters. The molecule has 0 bridgehead atoms. The van der Waals surface area contributed by atoms with Crippen molar-refractivity contribution in [2.75, 3.05) is 31.6 Å². The zero-order valence-electron chi connectivity index (χ0n) is 13.9. The van der Waals surface area contributed by atoms with Crippen molar-refractivity contribution in [3.8, 4) is 0 Å². The van der Waals surface area contributed by atoms with Crippen LogP contribution in [0.1, 0.15) is 52.4 Å². The molecule has 5 heteroatoms. The molecule has 0 radical (unpaired) electrons. The van der Waals surface area contributed by atoms with Gasteiger partial charge in [-0.2, -0.15) is 0 Å². The van der Waals surface area contributed by atoms with Crippen LogP contribution in [0.4, 0.5) is 0 Å². The Morgan fingerprint density at radius 3 is 2.48 bits per heavy atom. The maximum atomic E-state index is 11.5. The number of hydrogen-bond acceptors (Lipinski definition) is 4. The average molecular weight is 317 g/mol. The molecule has 0 aromatic rings. The molecule has 21 heavy (non-hydrogen) atoms. The van der Waals surface area contributed by atoms with Gasteiger partial charge in [-0.1, -0.05) is 26.2 Å². The van der Waals surface area contributed by atoms with Crippen molar-refractivity contribution in [2.24, 2.45) is 5.92 Å². The van der Waals surface area contributed by atoms with Crippen LogP contribution in [0.2, 0.25) is 0 Å². The lowest BCUT2D eigenvalue weighted by Gasteiger charge is -2.50. The second-order valence-corrected chi connectivity index (χ2v) is 9.57. The maximum absolute atomic E-state index is 11.5. The van der Waals surface area contributed by atoms with Crippen molar-refractivity contribution in [1.82, 2.24) is 10.2 Å². The quantitative estimate of drug-likeness (QED) is 0.843. The van der Waals surface area contributed by atoms with Gasteiger partial charge in [0.15, 0.2) is 0 Å². The minimum absolute atomic E-state index is 0.0931. The summed E-state index contributed by atoms with van der Waals surface area (Å²) in [7, 11) is -2.89. The van der Waals surface area contributed by atoms with Crippen LogP contribution in [0.5, 0.6) is 0 Å². The molecule has 4 nitrogen and oxygen atoms in total. The molecule has 2 rings (SSSR count). The number of hydrogen-bond donors (Lipinski definition) is 1. The number of rotatable bonds is 5. The van der Waals surface area contributed by atoms with Crippen LogP contribution in [-0.4, -0.2) is 56.5 Å². The lowest BCUT2D eigenvalue weighted by molar-refractivity contribution is 0.0347. The molecule has 2 unspecified atom stereocenters. The smallest absolute Gasteiger partial charge is 0.148 e.